The van der Waals surface area contributed by atoms with E-state index in [0.717, 1.165) is 0 Å². The first-order valence-corrected chi connectivity index (χ1v) is 4.50. The number of hydrogen-bond acceptors (Lipinski definition) is 4. The van der Waals surface area contributed by atoms with Gasteiger partial charge in [0.1, 0.15) is 12.6 Å². The van der Waals surface area contributed by atoms with Crippen molar-refractivity contribution in [3.05, 3.63) is 10.6 Å². The number of likely N-dealkylation sites (N-methyl/N-ethyl adjacent to an activating group) is 1. The first kappa shape index (κ1) is 10.9. The quantitative estimate of drug-likeness (QED) is 0.608. The van der Waals surface area contributed by atoms with Gasteiger partial charge in [-0.2, -0.15) is 5.10 Å². The first-order valence-electron chi connectivity index (χ1n) is 4.10. The van der Waals surface area contributed by atoms with Gasteiger partial charge in [0, 0.05) is 7.05 Å². The third-order valence-corrected chi connectivity index (χ3v) is 2.22. The maximum absolute atomic E-state index is 11.3. The first-order chi connectivity index (χ1) is 6.61. The van der Waals surface area contributed by atoms with Gasteiger partial charge in [0.15, 0.2) is 10.6 Å². The van der Waals surface area contributed by atoms with E-state index in [1.807, 2.05) is 0 Å². The summed E-state index contributed by atoms with van der Waals surface area (Å²) in [4.78, 5) is 11.3. The Bertz CT molecular complexity index is 383. The molecule has 1 rings (SSSR count). The van der Waals surface area contributed by atoms with Crippen LogP contribution in [0.3, 0.4) is 0 Å². The summed E-state index contributed by atoms with van der Waals surface area (Å²) in [5.41, 5.74) is 0. The highest BCUT2D eigenvalue weighted by molar-refractivity contribution is 7.71. The molecule has 1 amide bonds. The van der Waals surface area contributed by atoms with Crippen molar-refractivity contribution in [1.29, 1.82) is 0 Å². The van der Waals surface area contributed by atoms with Gasteiger partial charge >= 0.3 is 0 Å². The third kappa shape index (κ3) is 1.83. The van der Waals surface area contributed by atoms with Crippen LogP contribution in [0.1, 0.15) is 18.8 Å². The zero-order valence-corrected chi connectivity index (χ0v) is 8.76. The summed E-state index contributed by atoms with van der Waals surface area (Å²) in [5.74, 6) is 0.170. The lowest BCUT2D eigenvalue weighted by atomic mass is 10.3. The smallest absolute Gasteiger partial charge is 0.242 e. The average Bonchev–Trinajstić information content (AvgIpc) is 2.57. The fourth-order valence-electron chi connectivity index (χ4n) is 1.17. The van der Waals surface area contributed by atoms with E-state index in [2.05, 4.69) is 15.5 Å². The topological polar surface area (TPSA) is 82.9 Å². The molecule has 14 heavy (non-hydrogen) atoms. The number of nitrogens with zero attached hydrogens (tertiary/aromatic N) is 2. The van der Waals surface area contributed by atoms with E-state index in [1.54, 1.807) is 14.0 Å². The summed E-state index contributed by atoms with van der Waals surface area (Å²) in [6, 6.07) is -0.478. The van der Waals surface area contributed by atoms with Crippen molar-refractivity contribution >= 4 is 18.1 Å². The zero-order chi connectivity index (χ0) is 10.7. The van der Waals surface area contributed by atoms with Gasteiger partial charge in [0.25, 0.3) is 0 Å². The van der Waals surface area contributed by atoms with Gasteiger partial charge in [-0.1, -0.05) is 0 Å². The van der Waals surface area contributed by atoms with Crippen molar-refractivity contribution in [2.24, 2.45) is 0 Å². The van der Waals surface area contributed by atoms with Gasteiger partial charge in [-0.25, -0.2) is 0 Å². The Labute approximate surface area is 85.9 Å². The molecule has 78 valence electrons. The van der Waals surface area contributed by atoms with Crippen molar-refractivity contribution in [2.45, 2.75) is 19.6 Å². The molecule has 6 nitrogen and oxygen atoms in total. The molecule has 1 aromatic heterocycles. The van der Waals surface area contributed by atoms with Crippen LogP contribution in [0.4, 0.5) is 0 Å². The molecule has 0 aliphatic carbocycles. The summed E-state index contributed by atoms with van der Waals surface area (Å²) >= 11 is 4.94. The molecule has 0 aromatic carbocycles. The molecule has 0 radical (unpaired) electrons. The van der Waals surface area contributed by atoms with E-state index in [4.69, 9.17) is 17.3 Å². The molecule has 0 aliphatic rings. The minimum Gasteiger partial charge on any atom is -0.388 e. The Morgan fingerprint density at radius 1 is 1.86 bits per heavy atom. The number of amides is 1. The number of carbonyl (C=O) groups is 1. The van der Waals surface area contributed by atoms with Crippen LogP contribution in [0, 0.1) is 4.77 Å². The van der Waals surface area contributed by atoms with Gasteiger partial charge in [-0.05, 0) is 19.1 Å². The Morgan fingerprint density at radius 3 is 3.00 bits per heavy atom. The molecule has 1 unspecified atom stereocenters. The van der Waals surface area contributed by atoms with E-state index in [1.165, 1.54) is 4.57 Å². The Hall–Kier alpha value is -1.21. The highest BCUT2D eigenvalue weighted by Gasteiger charge is 2.17. The highest BCUT2D eigenvalue weighted by Crippen LogP contribution is 2.09. The standard InChI is InChI=1S/C7H12N4O2S/c1-4(6(13)8-2)11-5(3-12)9-10-7(11)14/h4,12H,3H2,1-2H3,(H,8,13)(H,10,14). The molecule has 1 atom stereocenters. The SMILES string of the molecule is CNC(=O)C(C)n1c(CO)n[nH]c1=S. The van der Waals surface area contributed by atoms with Gasteiger partial charge in [0.05, 0.1) is 0 Å². The van der Waals surface area contributed by atoms with Crippen LogP contribution in [0.5, 0.6) is 0 Å². The molecule has 0 bridgehead atoms. The van der Waals surface area contributed by atoms with Gasteiger partial charge < -0.3 is 10.4 Å². The summed E-state index contributed by atoms with van der Waals surface area (Å²) in [5, 5.41) is 17.8. The lowest BCUT2D eigenvalue weighted by Gasteiger charge is -2.12. The Kier molecular flexibility index (Phi) is 3.37. The zero-order valence-electron chi connectivity index (χ0n) is 7.94. The van der Waals surface area contributed by atoms with E-state index in [9.17, 15) is 4.79 Å². The number of aromatic nitrogens is 3. The lowest BCUT2D eigenvalue weighted by molar-refractivity contribution is -0.123. The van der Waals surface area contributed by atoms with Crippen LogP contribution in [0.15, 0.2) is 0 Å². The second-order valence-corrected chi connectivity index (χ2v) is 3.15. The Balaban J connectivity index is 3.10. The van der Waals surface area contributed by atoms with Crippen molar-refractivity contribution in [3.8, 4) is 0 Å². The van der Waals surface area contributed by atoms with Crippen molar-refractivity contribution < 1.29 is 9.90 Å². The number of carbonyl (C=O) groups excluding carboxylic acids is 1. The predicted molar refractivity (Wildman–Crippen MR) is 52.1 cm³/mol. The van der Waals surface area contributed by atoms with Crippen molar-refractivity contribution in [2.75, 3.05) is 7.05 Å². The molecule has 0 fully saturated rings. The average molecular weight is 216 g/mol. The highest BCUT2D eigenvalue weighted by atomic mass is 32.1. The van der Waals surface area contributed by atoms with Crippen LogP contribution in [0.25, 0.3) is 0 Å². The predicted octanol–water partition coefficient (Wildman–Crippen LogP) is -0.260. The van der Waals surface area contributed by atoms with Crippen LogP contribution in [-0.2, 0) is 11.4 Å². The van der Waals surface area contributed by atoms with Gasteiger partial charge in [-0.15, -0.1) is 0 Å². The lowest BCUT2D eigenvalue weighted by Crippen LogP contribution is -2.28. The molecule has 0 saturated heterocycles. The largest absolute Gasteiger partial charge is 0.388 e. The molecule has 3 N–H and O–H groups in total. The fourth-order valence-corrected chi connectivity index (χ4v) is 1.48. The van der Waals surface area contributed by atoms with Crippen molar-refractivity contribution in [3.63, 3.8) is 0 Å². The van der Waals surface area contributed by atoms with E-state index >= 15 is 0 Å². The normalized spacial score (nSPS) is 12.5. The second-order valence-electron chi connectivity index (χ2n) is 2.76. The number of nitrogens with one attached hydrogen (secondary N) is 2. The van der Waals surface area contributed by atoms with Crippen LogP contribution < -0.4 is 5.32 Å². The number of H-pyrrole nitrogens is 1. The summed E-state index contributed by atoms with van der Waals surface area (Å²) in [7, 11) is 1.54. The third-order valence-electron chi connectivity index (χ3n) is 1.93. The van der Waals surface area contributed by atoms with Crippen LogP contribution >= 0.6 is 12.2 Å². The molecule has 1 aromatic rings. The molecule has 0 aliphatic heterocycles. The van der Waals surface area contributed by atoms with Crippen LogP contribution in [-0.4, -0.2) is 32.8 Å². The molecule has 7 heteroatoms. The fraction of sp³-hybridized carbons (Fsp3) is 0.571. The summed E-state index contributed by atoms with van der Waals surface area (Å²) in [6.45, 7) is 1.43. The molecular weight excluding hydrogens is 204 g/mol. The monoisotopic (exact) mass is 216 g/mol. The van der Waals surface area contributed by atoms with Gasteiger partial charge in [0.2, 0.25) is 5.91 Å². The van der Waals surface area contributed by atoms with Crippen LogP contribution in [0.2, 0.25) is 0 Å². The Morgan fingerprint density at radius 2 is 2.50 bits per heavy atom. The minimum absolute atomic E-state index is 0.183. The molecule has 1 heterocycles. The van der Waals surface area contributed by atoms with E-state index in [0.29, 0.717) is 10.6 Å². The molecular formula is C7H12N4O2S. The summed E-state index contributed by atoms with van der Waals surface area (Å²) in [6.07, 6.45) is 0. The minimum atomic E-state index is -0.478. The summed E-state index contributed by atoms with van der Waals surface area (Å²) < 4.78 is 1.80. The van der Waals surface area contributed by atoms with E-state index < -0.39 is 6.04 Å². The number of hydrogen-bond donors (Lipinski definition) is 3. The van der Waals surface area contributed by atoms with Crippen molar-refractivity contribution in [1.82, 2.24) is 20.1 Å². The number of aromatic amines is 1. The number of rotatable bonds is 3. The second kappa shape index (κ2) is 4.34. The maximum Gasteiger partial charge on any atom is 0.242 e. The number of aliphatic hydroxyl groups is 1. The van der Waals surface area contributed by atoms with E-state index in [-0.39, 0.29) is 12.5 Å². The number of aliphatic hydroxyl groups excluding tert-OH is 1. The molecule has 0 spiro atoms. The van der Waals surface area contributed by atoms with Gasteiger partial charge in [-0.3, -0.25) is 14.5 Å². The maximum atomic E-state index is 11.3. The molecule has 0 saturated carbocycles.